The van der Waals surface area contributed by atoms with E-state index in [4.69, 9.17) is 5.11 Å². The zero-order chi connectivity index (χ0) is 14.0. The zero-order valence-electron chi connectivity index (χ0n) is 9.88. The van der Waals surface area contributed by atoms with Crippen LogP contribution in [0.3, 0.4) is 0 Å². The fraction of sp³-hybridized carbons (Fsp3) is 0.400. The number of hydrogen-bond acceptors (Lipinski definition) is 5. The Morgan fingerprint density at radius 2 is 2.32 bits per heavy atom. The highest BCUT2D eigenvalue weighted by Crippen LogP contribution is 2.37. The van der Waals surface area contributed by atoms with Crippen LogP contribution in [-0.4, -0.2) is 31.3 Å². The van der Waals surface area contributed by atoms with Gasteiger partial charge in [-0.2, -0.15) is 0 Å². The fourth-order valence-corrected chi connectivity index (χ4v) is 4.46. The van der Waals surface area contributed by atoms with E-state index in [0.717, 1.165) is 13.1 Å². The topological polar surface area (TPSA) is 80.9 Å². The Bertz CT molecular complexity index is 598. The molecule has 0 aliphatic carbocycles. The molecule has 0 saturated carbocycles. The molecule has 102 valence electrons. The Morgan fingerprint density at radius 3 is 2.89 bits per heavy atom. The molecule has 6 nitrogen and oxygen atoms in total. The van der Waals surface area contributed by atoms with Crippen LogP contribution in [0.5, 0.6) is 0 Å². The third-order valence-corrected chi connectivity index (χ3v) is 4.78. The van der Waals surface area contributed by atoms with Gasteiger partial charge in [-0.05, 0) is 54.3 Å². The molecule has 2 heterocycles. The van der Waals surface area contributed by atoms with Gasteiger partial charge in [0.25, 0.3) is 0 Å². The van der Waals surface area contributed by atoms with Gasteiger partial charge < -0.3 is 5.11 Å². The quantitative estimate of drug-likeness (QED) is 0.820. The number of tetrazole rings is 1. The smallest absolute Gasteiger partial charge is 0.303 e. The van der Waals surface area contributed by atoms with E-state index in [2.05, 4.69) is 47.4 Å². The molecule has 0 aliphatic rings. The minimum atomic E-state index is -0.818. The molecule has 1 unspecified atom stereocenters. The molecule has 0 spiro atoms. The van der Waals surface area contributed by atoms with Crippen LogP contribution in [-0.2, 0) is 11.3 Å². The molecule has 9 heteroatoms. The number of carboxylic acid groups (broad SMARTS) is 1. The number of rotatable bonds is 5. The van der Waals surface area contributed by atoms with Gasteiger partial charge in [0, 0.05) is 18.5 Å². The Kier molecular flexibility index (Phi) is 4.69. The van der Waals surface area contributed by atoms with Gasteiger partial charge in [0.2, 0.25) is 0 Å². The first kappa shape index (κ1) is 14.6. The molecule has 2 aromatic rings. The molecule has 19 heavy (non-hydrogen) atoms. The van der Waals surface area contributed by atoms with E-state index in [-0.39, 0.29) is 12.3 Å². The normalized spacial score (nSPS) is 12.6. The SMILES string of the molecule is CC(CC(=O)O)Cn1nnnc1-c1cc(Br)sc1Br. The summed E-state index contributed by atoms with van der Waals surface area (Å²) in [7, 11) is 0. The van der Waals surface area contributed by atoms with Crippen LogP contribution in [0.4, 0.5) is 0 Å². The van der Waals surface area contributed by atoms with Gasteiger partial charge in [-0.15, -0.1) is 16.4 Å². The monoisotopic (exact) mass is 408 g/mol. The summed E-state index contributed by atoms with van der Waals surface area (Å²) in [6.07, 6.45) is 0.0911. The second kappa shape index (κ2) is 6.10. The molecule has 2 rings (SSSR count). The fourth-order valence-electron chi connectivity index (χ4n) is 1.67. The molecule has 1 N–H and O–H groups in total. The summed E-state index contributed by atoms with van der Waals surface area (Å²) in [5.41, 5.74) is 0.893. The number of hydrogen-bond donors (Lipinski definition) is 1. The van der Waals surface area contributed by atoms with Crippen LogP contribution >= 0.6 is 43.2 Å². The van der Waals surface area contributed by atoms with Crippen LogP contribution in [0.2, 0.25) is 0 Å². The van der Waals surface area contributed by atoms with Crippen LogP contribution in [0, 0.1) is 5.92 Å². The minimum Gasteiger partial charge on any atom is -0.481 e. The van der Waals surface area contributed by atoms with E-state index < -0.39 is 5.97 Å². The van der Waals surface area contributed by atoms with E-state index in [1.165, 1.54) is 11.3 Å². The minimum absolute atomic E-state index is 0.0411. The lowest BCUT2D eigenvalue weighted by atomic mass is 10.1. The number of halogens is 2. The third kappa shape index (κ3) is 3.61. The summed E-state index contributed by atoms with van der Waals surface area (Å²) in [5, 5.41) is 20.4. The lowest BCUT2D eigenvalue weighted by molar-refractivity contribution is -0.138. The van der Waals surface area contributed by atoms with Crippen LogP contribution in [0.15, 0.2) is 13.6 Å². The maximum Gasteiger partial charge on any atom is 0.303 e. The Labute approximate surface area is 130 Å². The zero-order valence-corrected chi connectivity index (χ0v) is 13.9. The molecule has 0 amide bonds. The summed E-state index contributed by atoms with van der Waals surface area (Å²) in [6, 6.07) is 1.93. The van der Waals surface area contributed by atoms with E-state index in [1.807, 2.05) is 13.0 Å². The average Bonchev–Trinajstić information content (AvgIpc) is 2.83. The van der Waals surface area contributed by atoms with Gasteiger partial charge in [0.15, 0.2) is 5.82 Å². The van der Waals surface area contributed by atoms with Crippen molar-refractivity contribution in [1.29, 1.82) is 0 Å². The molecule has 0 bridgehead atoms. The first-order chi connectivity index (χ1) is 8.97. The summed E-state index contributed by atoms with van der Waals surface area (Å²) < 4.78 is 3.54. The van der Waals surface area contributed by atoms with Gasteiger partial charge in [-0.25, -0.2) is 4.68 Å². The van der Waals surface area contributed by atoms with Crippen LogP contribution in [0.1, 0.15) is 13.3 Å². The summed E-state index contributed by atoms with van der Waals surface area (Å²) in [5.74, 6) is -0.228. The van der Waals surface area contributed by atoms with Crippen molar-refractivity contribution < 1.29 is 9.90 Å². The molecule has 0 radical (unpaired) electrons. The molecule has 0 aliphatic heterocycles. The number of thiophene rings is 1. The van der Waals surface area contributed by atoms with Crippen molar-refractivity contribution in [3.05, 3.63) is 13.6 Å². The van der Waals surface area contributed by atoms with E-state index in [1.54, 1.807) is 4.68 Å². The van der Waals surface area contributed by atoms with Crippen molar-refractivity contribution in [2.75, 3.05) is 0 Å². The van der Waals surface area contributed by atoms with Crippen molar-refractivity contribution in [3.63, 3.8) is 0 Å². The highest BCUT2D eigenvalue weighted by Gasteiger charge is 2.17. The summed E-state index contributed by atoms with van der Waals surface area (Å²) in [6.45, 7) is 2.33. The second-order valence-corrected chi connectivity index (χ2v) is 7.87. The van der Waals surface area contributed by atoms with Gasteiger partial charge >= 0.3 is 5.97 Å². The van der Waals surface area contributed by atoms with Gasteiger partial charge in [-0.1, -0.05) is 6.92 Å². The molecule has 0 fully saturated rings. The predicted octanol–water partition coefficient (Wildman–Crippen LogP) is 3.04. The summed E-state index contributed by atoms with van der Waals surface area (Å²) >= 11 is 8.41. The number of aromatic nitrogens is 4. The average molecular weight is 410 g/mol. The highest BCUT2D eigenvalue weighted by molar-refractivity contribution is 9.12. The van der Waals surface area contributed by atoms with Crippen molar-refractivity contribution in [3.8, 4) is 11.4 Å². The Morgan fingerprint density at radius 1 is 1.58 bits per heavy atom. The maximum atomic E-state index is 10.7. The Balaban J connectivity index is 2.23. The van der Waals surface area contributed by atoms with Gasteiger partial charge in [0.1, 0.15) is 0 Å². The predicted molar refractivity (Wildman–Crippen MR) is 77.9 cm³/mol. The summed E-state index contributed by atoms with van der Waals surface area (Å²) in [4.78, 5) is 10.7. The van der Waals surface area contributed by atoms with E-state index in [0.29, 0.717) is 12.4 Å². The lowest BCUT2D eigenvalue weighted by Crippen LogP contribution is -2.14. The van der Waals surface area contributed by atoms with E-state index in [9.17, 15) is 4.79 Å². The van der Waals surface area contributed by atoms with Crippen LogP contribution in [0.25, 0.3) is 11.4 Å². The molecule has 1 atom stereocenters. The first-order valence-corrected chi connectivity index (χ1v) is 7.80. The maximum absolute atomic E-state index is 10.7. The van der Waals surface area contributed by atoms with Crippen molar-refractivity contribution in [2.24, 2.45) is 5.92 Å². The van der Waals surface area contributed by atoms with Crippen molar-refractivity contribution in [1.82, 2.24) is 20.2 Å². The molecular weight excluding hydrogens is 400 g/mol. The van der Waals surface area contributed by atoms with Crippen molar-refractivity contribution in [2.45, 2.75) is 19.9 Å². The third-order valence-electron chi connectivity index (χ3n) is 2.44. The van der Waals surface area contributed by atoms with Crippen molar-refractivity contribution >= 4 is 49.2 Å². The van der Waals surface area contributed by atoms with Crippen LogP contribution < -0.4 is 0 Å². The van der Waals surface area contributed by atoms with Gasteiger partial charge in [-0.3, -0.25) is 4.79 Å². The van der Waals surface area contributed by atoms with E-state index >= 15 is 0 Å². The number of aliphatic carboxylic acids is 1. The second-order valence-electron chi connectivity index (χ2n) is 4.13. The molecule has 0 saturated heterocycles. The standard InChI is InChI=1S/C10H10Br2N4O2S/c1-5(2-8(17)18)4-16-10(13-14-15-16)6-3-7(11)19-9(6)12/h3,5H,2,4H2,1H3,(H,17,18). The molecule has 0 aromatic carbocycles. The lowest BCUT2D eigenvalue weighted by Gasteiger charge is -2.09. The Hall–Kier alpha value is -0.800. The highest BCUT2D eigenvalue weighted by atomic mass is 79.9. The number of carbonyl (C=O) groups is 1. The number of nitrogens with zero attached hydrogens (tertiary/aromatic N) is 4. The first-order valence-electron chi connectivity index (χ1n) is 5.40. The number of carboxylic acids is 1. The molecular formula is C10H10Br2N4O2S. The van der Waals surface area contributed by atoms with Gasteiger partial charge in [0.05, 0.1) is 7.57 Å². The molecule has 2 aromatic heterocycles. The largest absolute Gasteiger partial charge is 0.481 e.